The summed E-state index contributed by atoms with van der Waals surface area (Å²) in [5.41, 5.74) is 0. The van der Waals surface area contributed by atoms with E-state index in [0.717, 1.165) is 26.2 Å². The molecule has 0 amide bonds. The van der Waals surface area contributed by atoms with Gasteiger partial charge in [0.1, 0.15) is 0 Å². The Balaban J connectivity index is 2.04. The normalized spacial score (nSPS) is 21.1. The van der Waals surface area contributed by atoms with E-state index in [1.165, 1.54) is 11.3 Å². The van der Waals surface area contributed by atoms with Crippen LogP contribution in [0.25, 0.3) is 0 Å². The molecule has 0 spiro atoms. The van der Waals surface area contributed by atoms with Crippen molar-refractivity contribution in [2.45, 2.75) is 12.5 Å². The highest BCUT2D eigenvalue weighted by Crippen LogP contribution is 2.24. The van der Waals surface area contributed by atoms with Crippen LogP contribution in [0, 0.1) is 0 Å². The summed E-state index contributed by atoms with van der Waals surface area (Å²) in [6.07, 6.45) is 1.17. The van der Waals surface area contributed by atoms with E-state index < -0.39 is 0 Å². The van der Waals surface area contributed by atoms with Gasteiger partial charge in [0.15, 0.2) is 0 Å². The summed E-state index contributed by atoms with van der Waals surface area (Å²) in [5.74, 6) is 0. The zero-order valence-corrected chi connectivity index (χ0v) is 9.67. The van der Waals surface area contributed by atoms with Crippen LogP contribution in [-0.2, 0) is 0 Å². The number of aliphatic hydroxyl groups excluding tert-OH is 1. The lowest BCUT2D eigenvalue weighted by Gasteiger charge is -2.27. The predicted octanol–water partition coefficient (Wildman–Crippen LogP) is 1.08. The Morgan fingerprint density at radius 1 is 1.47 bits per heavy atom. The summed E-state index contributed by atoms with van der Waals surface area (Å²) in [7, 11) is 0. The third-order valence-corrected chi connectivity index (χ3v) is 3.83. The van der Waals surface area contributed by atoms with E-state index in [0.29, 0.717) is 0 Å². The highest BCUT2D eigenvalue weighted by atomic mass is 32.1. The molecule has 1 saturated heterocycles. The first-order valence-corrected chi connectivity index (χ1v) is 6.39. The van der Waals surface area contributed by atoms with Gasteiger partial charge in [0, 0.05) is 24.5 Å². The molecule has 0 aliphatic carbocycles. The SMILES string of the molecule is OCC(c1cccs1)N1CCCNCC1. The first-order chi connectivity index (χ1) is 7.42. The molecule has 2 rings (SSSR count). The predicted molar refractivity (Wildman–Crippen MR) is 63.2 cm³/mol. The topological polar surface area (TPSA) is 35.5 Å². The number of rotatable bonds is 3. The van der Waals surface area contributed by atoms with Crippen LogP contribution >= 0.6 is 11.3 Å². The molecule has 0 saturated carbocycles. The van der Waals surface area contributed by atoms with Gasteiger partial charge in [-0.25, -0.2) is 0 Å². The Labute approximate surface area is 94.7 Å². The first-order valence-electron chi connectivity index (χ1n) is 5.51. The minimum atomic E-state index is 0.199. The van der Waals surface area contributed by atoms with Gasteiger partial charge < -0.3 is 10.4 Å². The maximum atomic E-state index is 9.49. The van der Waals surface area contributed by atoms with Gasteiger partial charge >= 0.3 is 0 Å². The Bertz CT molecular complexity index is 268. The molecular weight excluding hydrogens is 208 g/mol. The van der Waals surface area contributed by atoms with Crippen LogP contribution in [0.1, 0.15) is 17.3 Å². The van der Waals surface area contributed by atoms with E-state index in [-0.39, 0.29) is 12.6 Å². The molecule has 2 N–H and O–H groups in total. The standard InChI is InChI=1S/C11H18N2OS/c14-9-10(11-3-1-8-15-11)13-6-2-4-12-5-7-13/h1,3,8,10,12,14H,2,4-7,9H2. The van der Waals surface area contributed by atoms with E-state index >= 15 is 0 Å². The summed E-state index contributed by atoms with van der Waals surface area (Å²) in [4.78, 5) is 3.66. The maximum absolute atomic E-state index is 9.49. The molecule has 0 radical (unpaired) electrons. The van der Waals surface area contributed by atoms with Crippen LogP contribution < -0.4 is 5.32 Å². The molecule has 15 heavy (non-hydrogen) atoms. The van der Waals surface area contributed by atoms with E-state index in [4.69, 9.17) is 0 Å². The Kier molecular flexibility index (Phi) is 4.14. The second-order valence-corrected chi connectivity index (χ2v) is 4.83. The molecule has 0 bridgehead atoms. The molecule has 1 atom stereocenters. The number of thiophene rings is 1. The number of hydrogen-bond acceptors (Lipinski definition) is 4. The van der Waals surface area contributed by atoms with Crippen molar-refractivity contribution in [2.24, 2.45) is 0 Å². The highest BCUT2D eigenvalue weighted by Gasteiger charge is 2.20. The van der Waals surface area contributed by atoms with Crippen LogP contribution in [0.15, 0.2) is 17.5 Å². The fourth-order valence-corrected chi connectivity index (χ4v) is 2.90. The van der Waals surface area contributed by atoms with Crippen molar-refractivity contribution in [3.63, 3.8) is 0 Å². The third-order valence-electron chi connectivity index (χ3n) is 2.86. The fourth-order valence-electron chi connectivity index (χ4n) is 2.04. The van der Waals surface area contributed by atoms with Gasteiger partial charge in [-0.05, 0) is 24.4 Å². The molecule has 1 aromatic heterocycles. The summed E-state index contributed by atoms with van der Waals surface area (Å²) in [6, 6.07) is 4.37. The Morgan fingerprint density at radius 2 is 2.40 bits per heavy atom. The van der Waals surface area contributed by atoms with Gasteiger partial charge in [0.2, 0.25) is 0 Å². The number of hydrogen-bond donors (Lipinski definition) is 2. The van der Waals surface area contributed by atoms with E-state index in [9.17, 15) is 5.11 Å². The highest BCUT2D eigenvalue weighted by molar-refractivity contribution is 7.10. The van der Waals surface area contributed by atoms with Gasteiger partial charge in [-0.2, -0.15) is 0 Å². The zero-order chi connectivity index (χ0) is 10.5. The Hall–Kier alpha value is -0.420. The second kappa shape index (κ2) is 5.61. The lowest BCUT2D eigenvalue weighted by molar-refractivity contribution is 0.132. The lowest BCUT2D eigenvalue weighted by Crippen LogP contribution is -2.33. The summed E-state index contributed by atoms with van der Waals surface area (Å²) in [5, 5.41) is 14.9. The quantitative estimate of drug-likeness (QED) is 0.809. The summed E-state index contributed by atoms with van der Waals surface area (Å²) in [6.45, 7) is 4.46. The number of nitrogens with zero attached hydrogens (tertiary/aromatic N) is 1. The molecular formula is C11H18N2OS. The first kappa shape index (κ1) is 11.1. The monoisotopic (exact) mass is 226 g/mol. The smallest absolute Gasteiger partial charge is 0.0675 e. The molecule has 84 valence electrons. The molecule has 1 aliphatic heterocycles. The van der Waals surface area contributed by atoms with Crippen LogP contribution in [0.5, 0.6) is 0 Å². The van der Waals surface area contributed by atoms with Crippen molar-refractivity contribution >= 4 is 11.3 Å². The van der Waals surface area contributed by atoms with Crippen LogP contribution in [-0.4, -0.2) is 42.8 Å². The third kappa shape index (κ3) is 2.78. The van der Waals surface area contributed by atoms with Crippen molar-refractivity contribution in [3.05, 3.63) is 22.4 Å². The molecule has 1 fully saturated rings. The zero-order valence-electron chi connectivity index (χ0n) is 8.85. The molecule has 4 heteroatoms. The van der Waals surface area contributed by atoms with Gasteiger partial charge in [-0.1, -0.05) is 6.07 Å². The van der Waals surface area contributed by atoms with Crippen molar-refractivity contribution in [1.82, 2.24) is 10.2 Å². The van der Waals surface area contributed by atoms with E-state index in [1.54, 1.807) is 11.3 Å². The summed E-state index contributed by atoms with van der Waals surface area (Å²) >= 11 is 1.73. The van der Waals surface area contributed by atoms with Crippen molar-refractivity contribution in [3.8, 4) is 0 Å². The average Bonchev–Trinajstić information content (AvgIpc) is 2.63. The van der Waals surface area contributed by atoms with Crippen LogP contribution in [0.4, 0.5) is 0 Å². The van der Waals surface area contributed by atoms with Gasteiger partial charge in [-0.15, -0.1) is 11.3 Å². The van der Waals surface area contributed by atoms with Crippen LogP contribution in [0.3, 0.4) is 0 Å². The van der Waals surface area contributed by atoms with Crippen molar-refractivity contribution in [2.75, 3.05) is 32.8 Å². The lowest BCUT2D eigenvalue weighted by atomic mass is 10.2. The number of nitrogens with one attached hydrogen (secondary N) is 1. The summed E-state index contributed by atoms with van der Waals surface area (Å²) < 4.78 is 0. The molecule has 2 heterocycles. The van der Waals surface area contributed by atoms with Crippen LogP contribution in [0.2, 0.25) is 0 Å². The van der Waals surface area contributed by atoms with E-state index in [1.807, 2.05) is 0 Å². The minimum Gasteiger partial charge on any atom is -0.394 e. The average molecular weight is 226 g/mol. The molecule has 1 unspecified atom stereocenters. The largest absolute Gasteiger partial charge is 0.394 e. The second-order valence-electron chi connectivity index (χ2n) is 3.85. The van der Waals surface area contributed by atoms with Gasteiger partial charge in [-0.3, -0.25) is 4.90 Å². The maximum Gasteiger partial charge on any atom is 0.0675 e. The van der Waals surface area contributed by atoms with Gasteiger partial charge in [0.25, 0.3) is 0 Å². The molecule has 0 aromatic carbocycles. The van der Waals surface area contributed by atoms with Gasteiger partial charge in [0.05, 0.1) is 12.6 Å². The number of aliphatic hydroxyl groups is 1. The minimum absolute atomic E-state index is 0.199. The molecule has 3 nitrogen and oxygen atoms in total. The Morgan fingerprint density at radius 3 is 3.13 bits per heavy atom. The molecule has 1 aliphatic rings. The van der Waals surface area contributed by atoms with Crippen molar-refractivity contribution < 1.29 is 5.11 Å². The molecule has 1 aromatic rings. The van der Waals surface area contributed by atoms with E-state index in [2.05, 4.69) is 27.7 Å². The fraction of sp³-hybridized carbons (Fsp3) is 0.636. The van der Waals surface area contributed by atoms with Crippen molar-refractivity contribution in [1.29, 1.82) is 0 Å².